The number of rotatable bonds is 5. The van der Waals surface area contributed by atoms with Crippen LogP contribution in [0.25, 0.3) is 0 Å². The second-order valence-corrected chi connectivity index (χ2v) is 4.77. The van der Waals surface area contributed by atoms with E-state index < -0.39 is 11.7 Å². The number of benzene rings is 1. The van der Waals surface area contributed by atoms with Crippen molar-refractivity contribution in [3.05, 3.63) is 29.6 Å². The Morgan fingerprint density at radius 2 is 2.05 bits per heavy atom. The van der Waals surface area contributed by atoms with Gasteiger partial charge in [0.1, 0.15) is 5.82 Å². The summed E-state index contributed by atoms with van der Waals surface area (Å²) in [7, 11) is 0. The van der Waals surface area contributed by atoms with Crippen molar-refractivity contribution in [2.45, 2.75) is 26.8 Å². The molecule has 1 aromatic rings. The van der Waals surface area contributed by atoms with Crippen LogP contribution in [0, 0.1) is 5.82 Å². The predicted octanol–water partition coefficient (Wildman–Crippen LogP) is 1.39. The quantitative estimate of drug-likeness (QED) is 0.801. The first-order chi connectivity index (χ1) is 9.35. The molecular formula is C14H20FN3O2. The van der Waals surface area contributed by atoms with Gasteiger partial charge in [0.15, 0.2) is 0 Å². The smallest absolute Gasteiger partial charge is 0.256 e. The van der Waals surface area contributed by atoms with Gasteiger partial charge in [0.25, 0.3) is 5.91 Å². The molecule has 0 aliphatic heterocycles. The number of nitrogens with two attached hydrogens (primary N) is 1. The number of carbonyl (C=O) groups is 2. The van der Waals surface area contributed by atoms with Crippen molar-refractivity contribution in [3.8, 4) is 0 Å². The monoisotopic (exact) mass is 281 g/mol. The standard InChI is InChI=1S/C14H20FN3O2/c1-4-18(8-13(19)17-9(2)3)14(20)11-7-10(15)5-6-12(11)16/h5-7,9H,4,8,16H2,1-3H3,(H,17,19). The zero-order chi connectivity index (χ0) is 15.3. The Labute approximate surface area is 117 Å². The van der Waals surface area contributed by atoms with Crippen molar-refractivity contribution >= 4 is 17.5 Å². The molecule has 0 bridgehead atoms. The highest BCUT2D eigenvalue weighted by molar-refractivity contribution is 6.00. The highest BCUT2D eigenvalue weighted by Crippen LogP contribution is 2.15. The number of halogens is 1. The Kier molecular flexibility index (Phi) is 5.49. The topological polar surface area (TPSA) is 75.4 Å². The molecule has 6 heteroatoms. The Morgan fingerprint density at radius 1 is 1.40 bits per heavy atom. The number of hydrogen-bond donors (Lipinski definition) is 2. The van der Waals surface area contributed by atoms with Gasteiger partial charge in [0.2, 0.25) is 5.91 Å². The van der Waals surface area contributed by atoms with Crippen LogP contribution in [0.15, 0.2) is 18.2 Å². The van der Waals surface area contributed by atoms with Gasteiger partial charge in [-0.2, -0.15) is 0 Å². The molecule has 0 radical (unpaired) electrons. The Balaban J connectivity index is 2.86. The molecule has 20 heavy (non-hydrogen) atoms. The van der Waals surface area contributed by atoms with Crippen LogP contribution in [-0.4, -0.2) is 35.8 Å². The number of nitrogen functional groups attached to an aromatic ring is 1. The molecule has 3 N–H and O–H groups in total. The summed E-state index contributed by atoms with van der Waals surface area (Å²) in [5.41, 5.74) is 5.95. The number of likely N-dealkylation sites (N-methyl/N-ethyl adjacent to an activating group) is 1. The maximum absolute atomic E-state index is 13.2. The van der Waals surface area contributed by atoms with Crippen LogP contribution >= 0.6 is 0 Å². The van der Waals surface area contributed by atoms with E-state index in [2.05, 4.69) is 5.32 Å². The molecule has 110 valence electrons. The van der Waals surface area contributed by atoms with Crippen molar-refractivity contribution in [2.24, 2.45) is 0 Å². The first-order valence-electron chi connectivity index (χ1n) is 6.48. The predicted molar refractivity (Wildman–Crippen MR) is 75.7 cm³/mol. The molecule has 2 amide bonds. The fourth-order valence-electron chi connectivity index (χ4n) is 1.75. The second kappa shape index (κ2) is 6.88. The SMILES string of the molecule is CCN(CC(=O)NC(C)C)C(=O)c1cc(F)ccc1N. The molecule has 0 spiro atoms. The number of carbonyl (C=O) groups excluding carboxylic acids is 2. The van der Waals surface area contributed by atoms with E-state index in [9.17, 15) is 14.0 Å². The lowest BCUT2D eigenvalue weighted by atomic mass is 10.1. The fourth-order valence-corrected chi connectivity index (χ4v) is 1.75. The Hall–Kier alpha value is -2.11. The molecule has 0 saturated heterocycles. The number of hydrogen-bond acceptors (Lipinski definition) is 3. The highest BCUT2D eigenvalue weighted by Gasteiger charge is 2.20. The van der Waals surface area contributed by atoms with Crippen molar-refractivity contribution in [3.63, 3.8) is 0 Å². The minimum absolute atomic E-state index is 0.00412. The first-order valence-corrected chi connectivity index (χ1v) is 6.48. The number of amides is 2. The van der Waals surface area contributed by atoms with Crippen LogP contribution in [-0.2, 0) is 4.79 Å². The van der Waals surface area contributed by atoms with E-state index >= 15 is 0 Å². The Bertz CT molecular complexity index is 503. The van der Waals surface area contributed by atoms with Gasteiger partial charge < -0.3 is 16.0 Å². The first kappa shape index (κ1) is 15.9. The van der Waals surface area contributed by atoms with Gasteiger partial charge in [0, 0.05) is 18.3 Å². The molecule has 0 aliphatic carbocycles. The molecule has 0 atom stereocenters. The number of anilines is 1. The third-order valence-corrected chi connectivity index (χ3v) is 2.70. The Morgan fingerprint density at radius 3 is 2.60 bits per heavy atom. The zero-order valence-electron chi connectivity index (χ0n) is 11.9. The summed E-state index contributed by atoms with van der Waals surface area (Å²) in [6.45, 7) is 5.67. The van der Waals surface area contributed by atoms with Gasteiger partial charge in [0.05, 0.1) is 12.1 Å². The lowest BCUT2D eigenvalue weighted by molar-refractivity contribution is -0.122. The van der Waals surface area contributed by atoms with E-state index in [1.54, 1.807) is 6.92 Å². The molecule has 1 aromatic carbocycles. The van der Waals surface area contributed by atoms with E-state index in [0.717, 1.165) is 6.07 Å². The molecule has 0 unspecified atom stereocenters. The number of nitrogens with zero attached hydrogens (tertiary/aromatic N) is 1. The third kappa shape index (κ3) is 4.22. The van der Waals surface area contributed by atoms with E-state index in [-0.39, 0.29) is 29.7 Å². The van der Waals surface area contributed by atoms with E-state index in [0.29, 0.717) is 6.54 Å². The van der Waals surface area contributed by atoms with Gasteiger partial charge in [-0.3, -0.25) is 9.59 Å². The van der Waals surface area contributed by atoms with E-state index in [1.807, 2.05) is 13.8 Å². The normalized spacial score (nSPS) is 10.4. The lowest BCUT2D eigenvalue weighted by Crippen LogP contribution is -2.42. The fraction of sp³-hybridized carbons (Fsp3) is 0.429. The minimum atomic E-state index is -0.537. The van der Waals surface area contributed by atoms with Crippen LogP contribution in [0.2, 0.25) is 0 Å². The van der Waals surface area contributed by atoms with Crippen molar-refractivity contribution in [1.29, 1.82) is 0 Å². The summed E-state index contributed by atoms with van der Waals surface area (Å²) in [5, 5.41) is 2.70. The third-order valence-electron chi connectivity index (χ3n) is 2.70. The molecule has 5 nitrogen and oxygen atoms in total. The number of nitrogens with one attached hydrogen (secondary N) is 1. The van der Waals surface area contributed by atoms with Crippen LogP contribution in [0.4, 0.5) is 10.1 Å². The molecule has 0 aromatic heterocycles. The van der Waals surface area contributed by atoms with Crippen molar-refractivity contribution in [2.75, 3.05) is 18.8 Å². The summed E-state index contributed by atoms with van der Waals surface area (Å²) in [4.78, 5) is 25.3. The molecule has 0 fully saturated rings. The maximum atomic E-state index is 13.2. The van der Waals surface area contributed by atoms with Gasteiger partial charge in [-0.25, -0.2) is 4.39 Å². The summed E-state index contributed by atoms with van der Waals surface area (Å²) in [6, 6.07) is 3.61. The molecule has 0 saturated carbocycles. The van der Waals surface area contributed by atoms with E-state index in [4.69, 9.17) is 5.73 Å². The molecule has 1 rings (SSSR count). The average Bonchev–Trinajstić information content (AvgIpc) is 2.37. The minimum Gasteiger partial charge on any atom is -0.398 e. The zero-order valence-corrected chi connectivity index (χ0v) is 11.9. The lowest BCUT2D eigenvalue weighted by Gasteiger charge is -2.21. The van der Waals surface area contributed by atoms with Gasteiger partial charge in [-0.15, -0.1) is 0 Å². The summed E-state index contributed by atoms with van der Waals surface area (Å²) >= 11 is 0. The highest BCUT2D eigenvalue weighted by atomic mass is 19.1. The summed E-state index contributed by atoms with van der Waals surface area (Å²) in [5.74, 6) is -1.25. The van der Waals surface area contributed by atoms with Crippen molar-refractivity contribution in [1.82, 2.24) is 10.2 Å². The van der Waals surface area contributed by atoms with Gasteiger partial charge in [-0.1, -0.05) is 0 Å². The average molecular weight is 281 g/mol. The largest absolute Gasteiger partial charge is 0.398 e. The molecule has 0 aliphatic rings. The van der Waals surface area contributed by atoms with Gasteiger partial charge >= 0.3 is 0 Å². The summed E-state index contributed by atoms with van der Waals surface area (Å²) in [6.07, 6.45) is 0. The van der Waals surface area contributed by atoms with Crippen LogP contribution in [0.1, 0.15) is 31.1 Å². The molecule has 0 heterocycles. The van der Waals surface area contributed by atoms with Crippen molar-refractivity contribution < 1.29 is 14.0 Å². The second-order valence-electron chi connectivity index (χ2n) is 4.77. The van der Waals surface area contributed by atoms with E-state index in [1.165, 1.54) is 17.0 Å². The molecular weight excluding hydrogens is 261 g/mol. The van der Waals surface area contributed by atoms with Crippen LogP contribution < -0.4 is 11.1 Å². The maximum Gasteiger partial charge on any atom is 0.256 e. The summed E-state index contributed by atoms with van der Waals surface area (Å²) < 4.78 is 13.2. The van der Waals surface area contributed by atoms with Gasteiger partial charge in [-0.05, 0) is 39.0 Å². The van der Waals surface area contributed by atoms with Crippen LogP contribution in [0.3, 0.4) is 0 Å². The van der Waals surface area contributed by atoms with Crippen LogP contribution in [0.5, 0.6) is 0 Å².